The van der Waals surface area contributed by atoms with E-state index in [1.807, 2.05) is 0 Å². The van der Waals surface area contributed by atoms with Crippen molar-refractivity contribution in [1.82, 2.24) is 0 Å². The van der Waals surface area contributed by atoms with Gasteiger partial charge in [0.15, 0.2) is 0 Å². The molecule has 0 aromatic carbocycles. The SMILES string of the molecule is CCCCCC=CCC=CCC=CCC=CCCC(C=O)C(=O)CCCC=CCC=CCC=CCCCCCCCC. The number of rotatable bonds is 30. The van der Waals surface area contributed by atoms with Crippen LogP contribution in [0.3, 0.4) is 0 Å². The van der Waals surface area contributed by atoms with Crippen LogP contribution in [0.2, 0.25) is 0 Å². The van der Waals surface area contributed by atoms with Crippen LogP contribution in [-0.2, 0) is 9.59 Å². The summed E-state index contributed by atoms with van der Waals surface area (Å²) >= 11 is 0. The number of aldehydes is 1. The summed E-state index contributed by atoms with van der Waals surface area (Å²) in [7, 11) is 0. The third-order valence-corrected chi connectivity index (χ3v) is 7.24. The molecule has 0 aromatic heterocycles. The van der Waals surface area contributed by atoms with Crippen molar-refractivity contribution in [2.75, 3.05) is 0 Å². The molecule has 0 spiro atoms. The standard InChI is InChI=1S/C40H64O2/c1-3-5-7-9-11-13-15-17-19-21-23-25-27-29-31-33-35-37-40(42)39(38-41)36-34-32-30-28-26-24-22-20-18-16-14-12-10-8-6-4-2/h12,14,17-20,23-26,29-32,38-39H,3-11,13,15-16,21-22,27-28,33-37H2,1-2H3. The summed E-state index contributed by atoms with van der Waals surface area (Å²) in [6.45, 7) is 4.50. The molecule has 42 heavy (non-hydrogen) atoms. The van der Waals surface area contributed by atoms with Crippen molar-refractivity contribution < 1.29 is 9.59 Å². The van der Waals surface area contributed by atoms with Gasteiger partial charge in [-0.1, -0.05) is 144 Å². The molecule has 0 fully saturated rings. The average Bonchev–Trinajstić information content (AvgIpc) is 3.00. The lowest BCUT2D eigenvalue weighted by Gasteiger charge is -2.07. The summed E-state index contributed by atoms with van der Waals surface area (Å²) in [5.74, 6) is -0.376. The molecule has 0 saturated heterocycles. The van der Waals surface area contributed by atoms with Crippen LogP contribution in [0.4, 0.5) is 0 Å². The third-order valence-electron chi connectivity index (χ3n) is 7.24. The zero-order valence-electron chi connectivity index (χ0n) is 27.4. The number of carbonyl (C=O) groups is 2. The van der Waals surface area contributed by atoms with Crippen molar-refractivity contribution in [1.29, 1.82) is 0 Å². The van der Waals surface area contributed by atoms with Crippen LogP contribution in [0.25, 0.3) is 0 Å². The summed E-state index contributed by atoms with van der Waals surface area (Å²) in [4.78, 5) is 23.8. The van der Waals surface area contributed by atoms with Crippen LogP contribution < -0.4 is 0 Å². The highest BCUT2D eigenvalue weighted by atomic mass is 16.1. The summed E-state index contributed by atoms with van der Waals surface area (Å²) in [6, 6.07) is 0. The first-order valence-electron chi connectivity index (χ1n) is 17.3. The highest BCUT2D eigenvalue weighted by molar-refractivity contribution is 5.93. The van der Waals surface area contributed by atoms with Gasteiger partial charge in [0.1, 0.15) is 12.1 Å². The maximum atomic E-state index is 12.4. The molecule has 0 rings (SSSR count). The van der Waals surface area contributed by atoms with Crippen LogP contribution in [0.5, 0.6) is 0 Å². The molecular formula is C40H64O2. The van der Waals surface area contributed by atoms with E-state index in [9.17, 15) is 9.59 Å². The van der Waals surface area contributed by atoms with Gasteiger partial charge < -0.3 is 4.79 Å². The lowest BCUT2D eigenvalue weighted by Crippen LogP contribution is -2.15. The average molecular weight is 577 g/mol. The Labute approximate surface area is 260 Å². The predicted molar refractivity (Wildman–Crippen MR) is 187 cm³/mol. The minimum Gasteiger partial charge on any atom is -0.303 e. The quantitative estimate of drug-likeness (QED) is 0.0369. The van der Waals surface area contributed by atoms with Gasteiger partial charge in [0.2, 0.25) is 0 Å². The third kappa shape index (κ3) is 30.5. The number of carbonyl (C=O) groups excluding carboxylic acids is 2. The van der Waals surface area contributed by atoms with Crippen LogP contribution in [0, 0.1) is 5.92 Å². The Bertz CT molecular complexity index is 805. The van der Waals surface area contributed by atoms with E-state index in [-0.39, 0.29) is 5.78 Å². The molecule has 0 aliphatic heterocycles. The first kappa shape index (κ1) is 39.5. The monoisotopic (exact) mass is 576 g/mol. The van der Waals surface area contributed by atoms with Crippen LogP contribution in [0.15, 0.2) is 85.1 Å². The lowest BCUT2D eigenvalue weighted by molar-refractivity contribution is -0.127. The Morgan fingerprint density at radius 1 is 0.452 bits per heavy atom. The molecule has 1 atom stereocenters. The van der Waals surface area contributed by atoms with E-state index in [2.05, 4.69) is 98.9 Å². The summed E-state index contributed by atoms with van der Waals surface area (Å²) in [6.07, 6.45) is 54.5. The van der Waals surface area contributed by atoms with Crippen LogP contribution in [0.1, 0.15) is 149 Å². The molecule has 2 nitrogen and oxygen atoms in total. The Hall–Kier alpha value is -2.48. The van der Waals surface area contributed by atoms with Crippen molar-refractivity contribution in [3.63, 3.8) is 0 Å². The fourth-order valence-electron chi connectivity index (χ4n) is 4.54. The molecule has 0 N–H and O–H groups in total. The van der Waals surface area contributed by atoms with E-state index in [1.54, 1.807) is 0 Å². The summed E-state index contributed by atoms with van der Waals surface area (Å²) in [5.41, 5.74) is 0. The second kappa shape index (κ2) is 34.7. The zero-order valence-corrected chi connectivity index (χ0v) is 27.4. The van der Waals surface area contributed by atoms with Crippen molar-refractivity contribution in [2.24, 2.45) is 5.92 Å². The maximum Gasteiger partial charge on any atom is 0.143 e. The Kier molecular flexibility index (Phi) is 32.7. The molecule has 0 heterocycles. The van der Waals surface area contributed by atoms with Gasteiger partial charge in [0.25, 0.3) is 0 Å². The second-order valence-corrected chi connectivity index (χ2v) is 11.2. The molecular weight excluding hydrogens is 512 g/mol. The molecule has 0 amide bonds. The molecule has 0 radical (unpaired) electrons. The molecule has 0 aromatic rings. The van der Waals surface area contributed by atoms with Crippen LogP contribution in [-0.4, -0.2) is 12.1 Å². The van der Waals surface area contributed by atoms with Gasteiger partial charge in [0, 0.05) is 6.42 Å². The number of allylic oxidation sites excluding steroid dienone is 14. The molecule has 236 valence electrons. The number of hydrogen-bond donors (Lipinski definition) is 0. The Morgan fingerprint density at radius 2 is 0.810 bits per heavy atom. The topological polar surface area (TPSA) is 34.1 Å². The van der Waals surface area contributed by atoms with E-state index < -0.39 is 5.92 Å². The summed E-state index contributed by atoms with van der Waals surface area (Å²) < 4.78 is 0. The first-order chi connectivity index (χ1) is 20.8. The molecule has 0 saturated carbocycles. The molecule has 0 bridgehead atoms. The number of hydrogen-bond acceptors (Lipinski definition) is 2. The molecule has 0 aliphatic carbocycles. The van der Waals surface area contributed by atoms with Gasteiger partial charge in [-0.2, -0.15) is 0 Å². The van der Waals surface area contributed by atoms with Gasteiger partial charge in [-0.3, -0.25) is 4.79 Å². The fraction of sp³-hybridized carbons (Fsp3) is 0.600. The Morgan fingerprint density at radius 3 is 1.29 bits per heavy atom. The minimum absolute atomic E-state index is 0.0851. The van der Waals surface area contributed by atoms with Gasteiger partial charge in [0.05, 0.1) is 5.92 Å². The van der Waals surface area contributed by atoms with Crippen molar-refractivity contribution >= 4 is 12.1 Å². The highest BCUT2D eigenvalue weighted by Gasteiger charge is 2.15. The number of unbranched alkanes of at least 4 members (excludes halogenated alkanes) is 10. The molecule has 0 aliphatic rings. The minimum atomic E-state index is -0.461. The van der Waals surface area contributed by atoms with E-state index in [0.717, 1.165) is 57.7 Å². The van der Waals surface area contributed by atoms with Gasteiger partial charge in [-0.25, -0.2) is 0 Å². The zero-order chi connectivity index (χ0) is 30.6. The van der Waals surface area contributed by atoms with Gasteiger partial charge >= 0.3 is 0 Å². The normalized spacial score (nSPS) is 13.5. The van der Waals surface area contributed by atoms with Crippen LogP contribution >= 0.6 is 0 Å². The predicted octanol–water partition coefficient (Wildman–Crippen LogP) is 12.5. The van der Waals surface area contributed by atoms with E-state index >= 15 is 0 Å². The second-order valence-electron chi connectivity index (χ2n) is 11.2. The van der Waals surface area contributed by atoms with E-state index in [1.165, 1.54) is 70.6 Å². The van der Waals surface area contributed by atoms with E-state index in [4.69, 9.17) is 0 Å². The van der Waals surface area contributed by atoms with Crippen molar-refractivity contribution in [3.8, 4) is 0 Å². The van der Waals surface area contributed by atoms with Crippen molar-refractivity contribution in [3.05, 3.63) is 85.1 Å². The largest absolute Gasteiger partial charge is 0.303 e. The summed E-state index contributed by atoms with van der Waals surface area (Å²) in [5, 5.41) is 0. The number of Topliss-reactive ketones (excluding diaryl/α,β-unsaturated/α-hetero) is 1. The Balaban J connectivity index is 3.78. The van der Waals surface area contributed by atoms with Gasteiger partial charge in [-0.15, -0.1) is 0 Å². The maximum absolute atomic E-state index is 12.4. The lowest BCUT2D eigenvalue weighted by atomic mass is 9.96. The van der Waals surface area contributed by atoms with Gasteiger partial charge in [-0.05, 0) is 83.5 Å². The smallest absolute Gasteiger partial charge is 0.143 e. The highest BCUT2D eigenvalue weighted by Crippen LogP contribution is 2.12. The molecule has 2 heteroatoms. The fourth-order valence-corrected chi connectivity index (χ4v) is 4.54. The van der Waals surface area contributed by atoms with E-state index in [0.29, 0.717) is 12.8 Å². The number of ketones is 1. The van der Waals surface area contributed by atoms with Crippen molar-refractivity contribution in [2.45, 2.75) is 149 Å². The molecule has 1 unspecified atom stereocenters. The first-order valence-corrected chi connectivity index (χ1v) is 17.3.